The van der Waals surface area contributed by atoms with E-state index in [4.69, 9.17) is 4.74 Å². The van der Waals surface area contributed by atoms with E-state index >= 15 is 0 Å². The van der Waals surface area contributed by atoms with Crippen molar-refractivity contribution in [1.29, 1.82) is 5.26 Å². The molecule has 26 heavy (non-hydrogen) atoms. The highest BCUT2D eigenvalue weighted by Crippen LogP contribution is 2.19. The lowest BCUT2D eigenvalue weighted by Crippen LogP contribution is -2.43. The summed E-state index contributed by atoms with van der Waals surface area (Å²) in [6.45, 7) is 8.09. The van der Waals surface area contributed by atoms with Crippen molar-refractivity contribution in [3.05, 3.63) is 28.6 Å². The van der Waals surface area contributed by atoms with Crippen LogP contribution >= 0.6 is 0 Å². The molecule has 1 atom stereocenters. The van der Waals surface area contributed by atoms with Crippen LogP contribution in [0.1, 0.15) is 37.2 Å². The van der Waals surface area contributed by atoms with Crippen LogP contribution in [0.5, 0.6) is 0 Å². The average molecular weight is 360 g/mol. The molecule has 1 aromatic rings. The highest BCUT2D eigenvalue weighted by molar-refractivity contribution is 6.01. The number of amides is 3. The molecule has 3 amide bonds. The van der Waals surface area contributed by atoms with Crippen LogP contribution < -0.4 is 10.6 Å². The molecule has 2 N–H and O–H groups in total. The third kappa shape index (κ3) is 5.21. The van der Waals surface area contributed by atoms with Crippen molar-refractivity contribution < 1.29 is 19.1 Å². The van der Waals surface area contributed by atoms with Gasteiger partial charge in [-0.3, -0.25) is 10.1 Å². The number of nitrogens with zero attached hydrogens (tertiary/aromatic N) is 2. The van der Waals surface area contributed by atoms with Crippen LogP contribution in [-0.4, -0.2) is 35.6 Å². The van der Waals surface area contributed by atoms with E-state index in [9.17, 15) is 19.6 Å². The first-order chi connectivity index (χ1) is 12.2. The molecule has 1 aromatic heterocycles. The molecule has 1 heterocycles. The van der Waals surface area contributed by atoms with Crippen LogP contribution in [0.2, 0.25) is 0 Å². The van der Waals surface area contributed by atoms with Gasteiger partial charge in [0.05, 0.1) is 0 Å². The standard InChI is InChI=1S/C18H24N4O4/c1-6-7-22-11(2)8-14(12(22)3)9-15(10-19)17(24)26-13(4)16(23)21-18(25)20-5/h8-9,13H,6-7H2,1-5H3,(H2,20,21,23,25)/b15-9+. The minimum atomic E-state index is -1.22. The third-order valence-electron chi connectivity index (χ3n) is 3.82. The van der Waals surface area contributed by atoms with Crippen molar-refractivity contribution in [3.63, 3.8) is 0 Å². The van der Waals surface area contributed by atoms with Crippen LogP contribution in [0.3, 0.4) is 0 Å². The number of rotatable bonds is 6. The lowest BCUT2D eigenvalue weighted by atomic mass is 10.1. The molecule has 0 saturated heterocycles. The maximum atomic E-state index is 12.2. The summed E-state index contributed by atoms with van der Waals surface area (Å²) < 4.78 is 7.08. The predicted molar refractivity (Wildman–Crippen MR) is 95.9 cm³/mol. The second-order valence-electron chi connectivity index (χ2n) is 5.76. The molecule has 0 aromatic carbocycles. The van der Waals surface area contributed by atoms with Gasteiger partial charge >= 0.3 is 12.0 Å². The molecule has 0 aliphatic rings. The van der Waals surface area contributed by atoms with Gasteiger partial charge in [0.1, 0.15) is 11.6 Å². The van der Waals surface area contributed by atoms with Gasteiger partial charge in [-0.2, -0.15) is 5.26 Å². The number of nitrogens with one attached hydrogen (secondary N) is 2. The number of carbonyl (C=O) groups is 3. The van der Waals surface area contributed by atoms with Gasteiger partial charge in [0, 0.05) is 25.0 Å². The van der Waals surface area contributed by atoms with Crippen LogP contribution in [0.15, 0.2) is 11.6 Å². The van der Waals surface area contributed by atoms with Crippen molar-refractivity contribution in [2.45, 2.75) is 46.8 Å². The van der Waals surface area contributed by atoms with Crippen LogP contribution in [0.25, 0.3) is 6.08 Å². The van der Waals surface area contributed by atoms with E-state index in [1.54, 1.807) is 6.07 Å². The molecule has 8 nitrogen and oxygen atoms in total. The molecule has 0 aliphatic heterocycles. The predicted octanol–water partition coefficient (Wildman–Crippen LogP) is 1.81. The molecule has 0 spiro atoms. The Bertz CT molecular complexity index is 771. The van der Waals surface area contributed by atoms with E-state index < -0.39 is 24.0 Å². The minimum Gasteiger partial charge on any atom is -0.448 e. The fourth-order valence-electron chi connectivity index (χ4n) is 2.39. The summed E-state index contributed by atoms with van der Waals surface area (Å²) in [7, 11) is 1.35. The quantitative estimate of drug-likeness (QED) is 0.456. The van der Waals surface area contributed by atoms with E-state index in [-0.39, 0.29) is 5.57 Å². The van der Waals surface area contributed by atoms with Crippen LogP contribution in [0, 0.1) is 25.2 Å². The monoisotopic (exact) mass is 360 g/mol. The van der Waals surface area contributed by atoms with Gasteiger partial charge in [-0.25, -0.2) is 9.59 Å². The van der Waals surface area contributed by atoms with Crippen LogP contribution in [0.4, 0.5) is 4.79 Å². The number of carbonyl (C=O) groups excluding carboxylic acids is 3. The fourth-order valence-corrected chi connectivity index (χ4v) is 2.39. The van der Waals surface area contributed by atoms with Gasteiger partial charge in [0.2, 0.25) is 0 Å². The zero-order chi connectivity index (χ0) is 19.9. The highest BCUT2D eigenvalue weighted by atomic mass is 16.5. The first-order valence-electron chi connectivity index (χ1n) is 8.27. The number of aryl methyl sites for hydroxylation is 1. The Morgan fingerprint density at radius 3 is 2.58 bits per heavy atom. The lowest BCUT2D eigenvalue weighted by molar-refractivity contribution is -0.150. The fraction of sp³-hybridized carbons (Fsp3) is 0.444. The number of aromatic nitrogens is 1. The van der Waals surface area contributed by atoms with Crippen LogP contribution in [-0.2, 0) is 20.9 Å². The molecule has 8 heteroatoms. The van der Waals surface area contributed by atoms with E-state index in [0.29, 0.717) is 0 Å². The van der Waals surface area contributed by atoms with Gasteiger partial charge in [-0.1, -0.05) is 6.92 Å². The Morgan fingerprint density at radius 2 is 2.04 bits per heavy atom. The van der Waals surface area contributed by atoms with Gasteiger partial charge in [0.25, 0.3) is 5.91 Å². The molecule has 1 rings (SSSR count). The second kappa shape index (κ2) is 9.42. The number of ether oxygens (including phenoxy) is 1. The molecular weight excluding hydrogens is 336 g/mol. The molecule has 140 valence electrons. The molecule has 0 saturated carbocycles. The van der Waals surface area contributed by atoms with E-state index in [1.165, 1.54) is 20.0 Å². The molecule has 1 unspecified atom stereocenters. The van der Waals surface area contributed by atoms with Gasteiger partial charge in [-0.15, -0.1) is 0 Å². The van der Waals surface area contributed by atoms with E-state index in [2.05, 4.69) is 16.8 Å². The number of hydrogen-bond acceptors (Lipinski definition) is 5. The second-order valence-corrected chi connectivity index (χ2v) is 5.76. The number of nitriles is 1. The van der Waals surface area contributed by atoms with Crippen molar-refractivity contribution >= 4 is 24.0 Å². The Balaban J connectivity index is 2.95. The molecule has 0 fully saturated rings. The minimum absolute atomic E-state index is 0.221. The molecule has 0 radical (unpaired) electrons. The van der Waals surface area contributed by atoms with Gasteiger partial charge in [-0.05, 0) is 44.9 Å². The van der Waals surface area contributed by atoms with E-state index in [1.807, 2.05) is 25.2 Å². The normalized spacial score (nSPS) is 12.1. The smallest absolute Gasteiger partial charge is 0.349 e. The summed E-state index contributed by atoms with van der Waals surface area (Å²) in [5.41, 5.74) is 2.49. The molecule has 0 bridgehead atoms. The molecular formula is C18H24N4O4. The number of imide groups is 1. The zero-order valence-corrected chi connectivity index (χ0v) is 15.7. The Morgan fingerprint density at radius 1 is 1.38 bits per heavy atom. The van der Waals surface area contributed by atoms with Crippen molar-refractivity contribution in [1.82, 2.24) is 15.2 Å². The summed E-state index contributed by atoms with van der Waals surface area (Å²) >= 11 is 0. The number of esters is 1. The van der Waals surface area contributed by atoms with E-state index in [0.717, 1.165) is 29.9 Å². The number of hydrogen-bond donors (Lipinski definition) is 2. The van der Waals surface area contributed by atoms with Crippen molar-refractivity contribution in [2.24, 2.45) is 0 Å². The Kier molecular flexibility index (Phi) is 7.59. The first kappa shape index (κ1) is 21.0. The van der Waals surface area contributed by atoms with Gasteiger partial charge < -0.3 is 14.6 Å². The maximum absolute atomic E-state index is 12.2. The van der Waals surface area contributed by atoms with Gasteiger partial charge in [0.15, 0.2) is 6.10 Å². The Hall–Kier alpha value is -3.08. The number of urea groups is 1. The average Bonchev–Trinajstić information content (AvgIpc) is 2.86. The Labute approximate surface area is 152 Å². The summed E-state index contributed by atoms with van der Waals surface area (Å²) in [4.78, 5) is 35.0. The zero-order valence-electron chi connectivity index (χ0n) is 15.7. The summed E-state index contributed by atoms with van der Waals surface area (Å²) in [6.07, 6.45) is 1.19. The summed E-state index contributed by atoms with van der Waals surface area (Å²) in [6, 6.07) is 2.98. The topological polar surface area (TPSA) is 113 Å². The SMILES string of the molecule is CCCn1c(C)cc(/C=C(\C#N)C(=O)OC(C)C(=O)NC(=O)NC)c1C. The lowest BCUT2D eigenvalue weighted by Gasteiger charge is -2.12. The van der Waals surface area contributed by atoms with Crippen molar-refractivity contribution in [2.75, 3.05) is 7.05 Å². The first-order valence-corrected chi connectivity index (χ1v) is 8.27. The third-order valence-corrected chi connectivity index (χ3v) is 3.82. The summed E-state index contributed by atoms with van der Waals surface area (Å²) in [5.74, 6) is -1.71. The maximum Gasteiger partial charge on any atom is 0.349 e. The largest absolute Gasteiger partial charge is 0.448 e. The van der Waals surface area contributed by atoms with Crippen molar-refractivity contribution in [3.8, 4) is 6.07 Å². The highest BCUT2D eigenvalue weighted by Gasteiger charge is 2.22. The molecule has 0 aliphatic carbocycles. The summed E-state index contributed by atoms with van der Waals surface area (Å²) in [5, 5.41) is 13.5.